The van der Waals surface area contributed by atoms with Crippen molar-refractivity contribution in [3.63, 3.8) is 0 Å². The van der Waals surface area contributed by atoms with Crippen molar-refractivity contribution in [3.8, 4) is 0 Å². The van der Waals surface area contributed by atoms with Gasteiger partial charge in [0.2, 0.25) is 0 Å². The summed E-state index contributed by atoms with van der Waals surface area (Å²) in [4.78, 5) is 15.3. The van der Waals surface area contributed by atoms with Crippen LogP contribution in [0.15, 0.2) is 18.7 Å². The number of carbonyl (C=O) groups is 1. The third-order valence-corrected chi connectivity index (χ3v) is 3.06. The molecule has 2 aromatic rings. The number of benzene rings is 1. The molecule has 5 heteroatoms. The minimum Gasteiger partial charge on any atom is -0.465 e. The summed E-state index contributed by atoms with van der Waals surface area (Å²) in [5, 5.41) is 0.621. The summed E-state index contributed by atoms with van der Waals surface area (Å²) >= 11 is 1.28. The molecule has 1 aromatic carbocycles. The highest BCUT2D eigenvalue weighted by atomic mass is 32.1. The lowest BCUT2D eigenvalue weighted by atomic mass is 10.2. The lowest BCUT2D eigenvalue weighted by Crippen LogP contribution is -2.01. The van der Waals surface area contributed by atoms with E-state index >= 15 is 0 Å². The first-order valence-electron chi connectivity index (χ1n) is 4.46. The first-order chi connectivity index (χ1) is 7.65. The quantitative estimate of drug-likeness (QED) is 0.754. The Kier molecular flexibility index (Phi) is 2.70. The zero-order valence-corrected chi connectivity index (χ0v) is 9.31. The van der Waals surface area contributed by atoms with Gasteiger partial charge >= 0.3 is 5.97 Å². The third kappa shape index (κ3) is 1.69. The first kappa shape index (κ1) is 10.8. The average molecular weight is 237 g/mol. The Hall–Kier alpha value is -1.75. The maximum absolute atomic E-state index is 13.6. The molecule has 0 aliphatic carbocycles. The van der Waals surface area contributed by atoms with Crippen molar-refractivity contribution in [2.75, 3.05) is 7.11 Å². The van der Waals surface area contributed by atoms with Gasteiger partial charge in [0.05, 0.1) is 17.4 Å². The molecular formula is C11H8FNO2S. The number of hydrogen-bond acceptors (Lipinski definition) is 4. The minimum absolute atomic E-state index is 0.187. The highest BCUT2D eigenvalue weighted by Gasteiger charge is 2.13. The predicted molar refractivity (Wildman–Crippen MR) is 61.0 cm³/mol. The molecular weight excluding hydrogens is 229 g/mol. The number of halogens is 1. The van der Waals surface area contributed by atoms with E-state index in [-0.39, 0.29) is 11.1 Å². The second-order valence-electron chi connectivity index (χ2n) is 3.05. The number of rotatable bonds is 2. The standard InChI is InChI=1S/C11H8FNO2S/c1-3-9-13-10-7(12)4-6(11(14)15-2)5-8(10)16-9/h3-5H,1H2,2H3. The zero-order chi connectivity index (χ0) is 11.7. The summed E-state index contributed by atoms with van der Waals surface area (Å²) in [6.07, 6.45) is 1.54. The summed E-state index contributed by atoms with van der Waals surface area (Å²) < 4.78 is 18.7. The van der Waals surface area contributed by atoms with Crippen LogP contribution in [-0.2, 0) is 4.74 Å². The predicted octanol–water partition coefficient (Wildman–Crippen LogP) is 2.87. The third-order valence-electron chi connectivity index (χ3n) is 2.06. The second-order valence-corrected chi connectivity index (χ2v) is 4.11. The molecule has 0 aliphatic heterocycles. The molecule has 0 amide bonds. The van der Waals surface area contributed by atoms with E-state index < -0.39 is 11.8 Å². The van der Waals surface area contributed by atoms with Crippen molar-refractivity contribution >= 4 is 33.6 Å². The molecule has 1 heterocycles. The van der Waals surface area contributed by atoms with Crippen molar-refractivity contribution in [3.05, 3.63) is 35.1 Å². The Morgan fingerprint density at radius 2 is 2.38 bits per heavy atom. The minimum atomic E-state index is -0.561. The van der Waals surface area contributed by atoms with Crippen LogP contribution in [0.25, 0.3) is 16.3 Å². The highest BCUT2D eigenvalue weighted by molar-refractivity contribution is 7.19. The fourth-order valence-corrected chi connectivity index (χ4v) is 2.20. The zero-order valence-electron chi connectivity index (χ0n) is 8.49. The monoisotopic (exact) mass is 237 g/mol. The van der Waals surface area contributed by atoms with Crippen LogP contribution in [0.1, 0.15) is 15.4 Å². The molecule has 82 valence electrons. The largest absolute Gasteiger partial charge is 0.465 e. The molecule has 0 saturated heterocycles. The van der Waals surface area contributed by atoms with E-state index in [1.54, 1.807) is 12.1 Å². The molecule has 2 rings (SSSR count). The SMILES string of the molecule is C=Cc1nc2c(F)cc(C(=O)OC)cc2s1. The van der Waals surface area contributed by atoms with Gasteiger partial charge in [-0.05, 0) is 18.2 Å². The van der Waals surface area contributed by atoms with Crippen LogP contribution in [0.4, 0.5) is 4.39 Å². The van der Waals surface area contributed by atoms with E-state index in [0.29, 0.717) is 9.71 Å². The summed E-state index contributed by atoms with van der Waals surface area (Å²) in [5.41, 5.74) is 0.444. The van der Waals surface area contributed by atoms with E-state index in [2.05, 4.69) is 16.3 Å². The van der Waals surface area contributed by atoms with Gasteiger partial charge in [-0.2, -0.15) is 0 Å². The van der Waals surface area contributed by atoms with Crippen molar-refractivity contribution < 1.29 is 13.9 Å². The summed E-state index contributed by atoms with van der Waals surface area (Å²) in [7, 11) is 1.26. The fraction of sp³-hybridized carbons (Fsp3) is 0.0909. The number of aromatic nitrogens is 1. The smallest absolute Gasteiger partial charge is 0.338 e. The van der Waals surface area contributed by atoms with Crippen LogP contribution in [0.3, 0.4) is 0 Å². The Balaban J connectivity index is 2.66. The summed E-state index contributed by atoms with van der Waals surface area (Å²) in [5.74, 6) is -1.09. The number of methoxy groups -OCH3 is 1. The maximum atomic E-state index is 13.6. The number of thiazole rings is 1. The van der Waals surface area contributed by atoms with Crippen molar-refractivity contribution in [2.24, 2.45) is 0 Å². The van der Waals surface area contributed by atoms with Crippen LogP contribution < -0.4 is 0 Å². The molecule has 0 aliphatic rings. The molecule has 0 bridgehead atoms. The second kappa shape index (κ2) is 4.02. The molecule has 0 N–H and O–H groups in total. The summed E-state index contributed by atoms with van der Waals surface area (Å²) in [6, 6.07) is 2.69. The Morgan fingerprint density at radius 1 is 1.62 bits per heavy atom. The molecule has 0 radical (unpaired) electrons. The van der Waals surface area contributed by atoms with Crippen LogP contribution in [-0.4, -0.2) is 18.1 Å². The van der Waals surface area contributed by atoms with E-state index in [9.17, 15) is 9.18 Å². The topological polar surface area (TPSA) is 39.2 Å². The Labute approximate surface area is 95.2 Å². The average Bonchev–Trinajstić information content (AvgIpc) is 2.71. The number of ether oxygens (including phenoxy) is 1. The summed E-state index contributed by atoms with van der Waals surface area (Å²) in [6.45, 7) is 3.56. The van der Waals surface area contributed by atoms with Crippen LogP contribution in [0.2, 0.25) is 0 Å². The Bertz CT molecular complexity index is 577. The van der Waals surface area contributed by atoms with E-state index in [1.165, 1.54) is 18.4 Å². The van der Waals surface area contributed by atoms with Gasteiger partial charge < -0.3 is 4.74 Å². The van der Waals surface area contributed by atoms with Gasteiger partial charge in [0, 0.05) is 0 Å². The molecule has 3 nitrogen and oxygen atoms in total. The van der Waals surface area contributed by atoms with E-state index in [0.717, 1.165) is 6.07 Å². The number of esters is 1. The molecule has 16 heavy (non-hydrogen) atoms. The van der Waals surface area contributed by atoms with Crippen molar-refractivity contribution in [2.45, 2.75) is 0 Å². The Morgan fingerprint density at radius 3 is 3.00 bits per heavy atom. The molecule has 0 atom stereocenters. The molecule has 1 aromatic heterocycles. The van der Waals surface area contributed by atoms with E-state index in [4.69, 9.17) is 0 Å². The van der Waals surface area contributed by atoms with Crippen LogP contribution in [0.5, 0.6) is 0 Å². The number of hydrogen-bond donors (Lipinski definition) is 0. The first-order valence-corrected chi connectivity index (χ1v) is 5.28. The number of nitrogens with zero attached hydrogens (tertiary/aromatic N) is 1. The lowest BCUT2D eigenvalue weighted by molar-refractivity contribution is 0.0600. The van der Waals surface area contributed by atoms with Gasteiger partial charge in [0.15, 0.2) is 5.82 Å². The fourth-order valence-electron chi connectivity index (χ4n) is 1.33. The lowest BCUT2D eigenvalue weighted by Gasteiger charge is -1.99. The van der Waals surface area contributed by atoms with Gasteiger partial charge in [0.25, 0.3) is 0 Å². The maximum Gasteiger partial charge on any atom is 0.338 e. The van der Waals surface area contributed by atoms with Crippen molar-refractivity contribution in [1.82, 2.24) is 4.98 Å². The van der Waals surface area contributed by atoms with Gasteiger partial charge in [-0.25, -0.2) is 14.2 Å². The van der Waals surface area contributed by atoms with Gasteiger partial charge in [-0.1, -0.05) is 6.58 Å². The van der Waals surface area contributed by atoms with Gasteiger partial charge in [0.1, 0.15) is 10.5 Å². The number of fused-ring (bicyclic) bond motifs is 1. The number of carbonyl (C=O) groups excluding carboxylic acids is 1. The molecule has 0 fully saturated rings. The van der Waals surface area contributed by atoms with E-state index in [1.807, 2.05) is 0 Å². The van der Waals surface area contributed by atoms with Gasteiger partial charge in [-0.15, -0.1) is 11.3 Å². The molecule has 0 unspecified atom stereocenters. The van der Waals surface area contributed by atoms with Crippen molar-refractivity contribution in [1.29, 1.82) is 0 Å². The highest BCUT2D eigenvalue weighted by Crippen LogP contribution is 2.26. The molecule has 0 saturated carbocycles. The normalized spacial score (nSPS) is 10.4. The van der Waals surface area contributed by atoms with Crippen LogP contribution >= 0.6 is 11.3 Å². The van der Waals surface area contributed by atoms with Gasteiger partial charge in [-0.3, -0.25) is 0 Å². The molecule has 0 spiro atoms. The van der Waals surface area contributed by atoms with Crippen LogP contribution in [0, 0.1) is 5.82 Å².